The van der Waals surface area contributed by atoms with E-state index in [1.807, 2.05) is 12.1 Å². The summed E-state index contributed by atoms with van der Waals surface area (Å²) in [4.78, 5) is 0.978. The highest BCUT2D eigenvalue weighted by Crippen LogP contribution is 2.26. The Morgan fingerprint density at radius 1 is 1.24 bits per heavy atom. The summed E-state index contributed by atoms with van der Waals surface area (Å²) in [6.07, 6.45) is -0.375. The van der Waals surface area contributed by atoms with Gasteiger partial charge in [-0.05, 0) is 18.2 Å². The first-order chi connectivity index (χ1) is 7.97. The fourth-order valence-electron chi connectivity index (χ4n) is 1.23. The summed E-state index contributed by atoms with van der Waals surface area (Å²) in [6, 6.07) is 5.78. The van der Waals surface area contributed by atoms with Gasteiger partial charge >= 0.3 is 0 Å². The van der Waals surface area contributed by atoms with Crippen molar-refractivity contribution >= 4 is 35.0 Å². The SMILES string of the molecule is CC(C)NCC(O)CSc1cc(Cl)cc(Cl)c1. The molecule has 1 rings (SSSR count). The normalized spacial score (nSPS) is 13.1. The Morgan fingerprint density at radius 3 is 2.35 bits per heavy atom. The molecule has 2 nitrogen and oxygen atoms in total. The third-order valence-electron chi connectivity index (χ3n) is 2.04. The van der Waals surface area contributed by atoms with Gasteiger partial charge in [0.25, 0.3) is 0 Å². The number of rotatable bonds is 6. The van der Waals surface area contributed by atoms with Gasteiger partial charge in [0, 0.05) is 33.3 Å². The number of thioether (sulfide) groups is 1. The van der Waals surface area contributed by atoms with Crippen molar-refractivity contribution in [3.05, 3.63) is 28.2 Å². The van der Waals surface area contributed by atoms with E-state index >= 15 is 0 Å². The molecule has 0 amide bonds. The Balaban J connectivity index is 2.39. The average Bonchev–Trinajstić information content (AvgIpc) is 2.22. The van der Waals surface area contributed by atoms with Crippen LogP contribution in [-0.4, -0.2) is 29.5 Å². The summed E-state index contributed by atoms with van der Waals surface area (Å²) in [5.74, 6) is 0.621. The minimum absolute atomic E-state index is 0.375. The summed E-state index contributed by atoms with van der Waals surface area (Å²) >= 11 is 13.3. The smallest absolute Gasteiger partial charge is 0.0758 e. The van der Waals surface area contributed by atoms with Crippen molar-refractivity contribution in [2.75, 3.05) is 12.3 Å². The standard InChI is InChI=1S/C12H17Cl2NOS/c1-8(2)15-6-11(16)7-17-12-4-9(13)3-10(14)5-12/h3-5,8,11,15-16H,6-7H2,1-2H3. The molecule has 1 aromatic rings. The molecular weight excluding hydrogens is 277 g/mol. The molecule has 0 saturated heterocycles. The van der Waals surface area contributed by atoms with Gasteiger partial charge in [-0.1, -0.05) is 37.0 Å². The van der Waals surface area contributed by atoms with Gasteiger partial charge in [-0.3, -0.25) is 0 Å². The first-order valence-corrected chi connectivity index (χ1v) is 7.22. The Kier molecular flexibility index (Phi) is 6.67. The second kappa shape index (κ2) is 7.49. The molecule has 0 radical (unpaired) electrons. The lowest BCUT2D eigenvalue weighted by molar-refractivity contribution is 0.192. The molecule has 1 atom stereocenters. The quantitative estimate of drug-likeness (QED) is 0.788. The molecule has 0 saturated carbocycles. The number of aliphatic hydroxyl groups excluding tert-OH is 1. The van der Waals surface area contributed by atoms with E-state index in [1.54, 1.807) is 17.8 Å². The van der Waals surface area contributed by atoms with E-state index in [0.29, 0.717) is 28.4 Å². The highest BCUT2D eigenvalue weighted by Gasteiger charge is 2.06. The third kappa shape index (κ3) is 6.53. The van der Waals surface area contributed by atoms with E-state index in [1.165, 1.54) is 0 Å². The molecule has 96 valence electrons. The van der Waals surface area contributed by atoms with Crippen molar-refractivity contribution in [2.24, 2.45) is 0 Å². The number of benzene rings is 1. The van der Waals surface area contributed by atoms with Gasteiger partial charge in [0.05, 0.1) is 6.10 Å². The second-order valence-electron chi connectivity index (χ2n) is 4.13. The van der Waals surface area contributed by atoms with Crippen LogP contribution in [0.25, 0.3) is 0 Å². The molecule has 1 aromatic carbocycles. The predicted octanol–water partition coefficient (Wildman–Crippen LogP) is 3.44. The fourth-order valence-corrected chi connectivity index (χ4v) is 2.81. The van der Waals surface area contributed by atoms with Crippen LogP contribution < -0.4 is 5.32 Å². The Labute approximate surface area is 117 Å². The van der Waals surface area contributed by atoms with Crippen LogP contribution in [0.5, 0.6) is 0 Å². The Morgan fingerprint density at radius 2 is 1.82 bits per heavy atom. The summed E-state index contributed by atoms with van der Waals surface area (Å²) in [7, 11) is 0. The second-order valence-corrected chi connectivity index (χ2v) is 6.10. The number of hydrogen-bond acceptors (Lipinski definition) is 3. The van der Waals surface area contributed by atoms with Crippen molar-refractivity contribution < 1.29 is 5.11 Å². The number of halogens is 2. The molecule has 17 heavy (non-hydrogen) atoms. The maximum Gasteiger partial charge on any atom is 0.0758 e. The molecule has 0 aliphatic rings. The molecule has 0 fully saturated rings. The van der Waals surface area contributed by atoms with Gasteiger partial charge in [-0.2, -0.15) is 0 Å². The fraction of sp³-hybridized carbons (Fsp3) is 0.500. The van der Waals surface area contributed by atoms with Crippen LogP contribution in [0.3, 0.4) is 0 Å². The first-order valence-electron chi connectivity index (χ1n) is 5.47. The highest BCUT2D eigenvalue weighted by molar-refractivity contribution is 7.99. The minimum atomic E-state index is -0.375. The molecule has 0 aliphatic heterocycles. The molecule has 5 heteroatoms. The van der Waals surface area contributed by atoms with E-state index in [0.717, 1.165) is 4.90 Å². The zero-order valence-electron chi connectivity index (χ0n) is 9.91. The first kappa shape index (κ1) is 15.1. The van der Waals surface area contributed by atoms with Crippen molar-refractivity contribution in [1.29, 1.82) is 0 Å². The highest BCUT2D eigenvalue weighted by atomic mass is 35.5. The van der Waals surface area contributed by atoms with E-state index in [9.17, 15) is 5.11 Å². The van der Waals surface area contributed by atoms with Gasteiger partial charge in [-0.25, -0.2) is 0 Å². The molecule has 1 unspecified atom stereocenters. The van der Waals surface area contributed by atoms with Gasteiger partial charge in [0.2, 0.25) is 0 Å². The summed E-state index contributed by atoms with van der Waals surface area (Å²) < 4.78 is 0. The van der Waals surface area contributed by atoms with Crippen molar-refractivity contribution in [3.63, 3.8) is 0 Å². The maximum absolute atomic E-state index is 9.75. The maximum atomic E-state index is 9.75. The third-order valence-corrected chi connectivity index (χ3v) is 3.60. The Hall–Kier alpha value is 0.0700. The lowest BCUT2D eigenvalue weighted by Crippen LogP contribution is -2.33. The van der Waals surface area contributed by atoms with Crippen LogP contribution in [0.1, 0.15) is 13.8 Å². The topological polar surface area (TPSA) is 32.3 Å². The summed E-state index contributed by atoms with van der Waals surface area (Å²) in [6.45, 7) is 4.70. The van der Waals surface area contributed by atoms with Gasteiger partial charge in [0.15, 0.2) is 0 Å². The molecule has 0 heterocycles. The van der Waals surface area contributed by atoms with E-state index in [2.05, 4.69) is 19.2 Å². The predicted molar refractivity (Wildman–Crippen MR) is 76.3 cm³/mol. The largest absolute Gasteiger partial charge is 0.391 e. The van der Waals surface area contributed by atoms with E-state index < -0.39 is 0 Å². The molecule has 0 aromatic heterocycles. The molecule has 0 bridgehead atoms. The molecule has 2 N–H and O–H groups in total. The molecule has 0 spiro atoms. The zero-order valence-corrected chi connectivity index (χ0v) is 12.2. The zero-order chi connectivity index (χ0) is 12.8. The van der Waals surface area contributed by atoms with Crippen LogP contribution in [0.4, 0.5) is 0 Å². The number of nitrogens with one attached hydrogen (secondary N) is 1. The monoisotopic (exact) mass is 293 g/mol. The minimum Gasteiger partial charge on any atom is -0.391 e. The average molecular weight is 294 g/mol. The summed E-state index contributed by atoms with van der Waals surface area (Å²) in [5.41, 5.74) is 0. The van der Waals surface area contributed by atoms with Crippen molar-refractivity contribution in [3.8, 4) is 0 Å². The van der Waals surface area contributed by atoms with Gasteiger partial charge in [0.1, 0.15) is 0 Å². The van der Waals surface area contributed by atoms with Crippen LogP contribution in [0.15, 0.2) is 23.1 Å². The van der Waals surface area contributed by atoms with Crippen LogP contribution in [0, 0.1) is 0 Å². The van der Waals surface area contributed by atoms with Crippen molar-refractivity contribution in [1.82, 2.24) is 5.32 Å². The molecule has 0 aliphatic carbocycles. The molecular formula is C12H17Cl2NOS. The van der Waals surface area contributed by atoms with Crippen LogP contribution >= 0.6 is 35.0 Å². The van der Waals surface area contributed by atoms with Gasteiger partial charge < -0.3 is 10.4 Å². The number of hydrogen-bond donors (Lipinski definition) is 2. The lowest BCUT2D eigenvalue weighted by Gasteiger charge is -2.13. The lowest BCUT2D eigenvalue weighted by atomic mass is 10.3. The van der Waals surface area contributed by atoms with Crippen LogP contribution in [-0.2, 0) is 0 Å². The van der Waals surface area contributed by atoms with E-state index in [4.69, 9.17) is 23.2 Å². The number of aliphatic hydroxyl groups is 1. The van der Waals surface area contributed by atoms with Crippen molar-refractivity contribution in [2.45, 2.75) is 30.9 Å². The summed E-state index contributed by atoms with van der Waals surface area (Å²) in [5, 5.41) is 14.2. The van der Waals surface area contributed by atoms with Gasteiger partial charge in [-0.15, -0.1) is 11.8 Å². The van der Waals surface area contributed by atoms with E-state index in [-0.39, 0.29) is 6.10 Å². The Bertz CT molecular complexity index is 340. The van der Waals surface area contributed by atoms with Crippen LogP contribution in [0.2, 0.25) is 10.0 Å².